The van der Waals surface area contributed by atoms with Crippen LogP contribution in [-0.4, -0.2) is 23.7 Å². The molecule has 0 bridgehead atoms. The van der Waals surface area contributed by atoms with E-state index in [9.17, 15) is 9.59 Å². The van der Waals surface area contributed by atoms with Crippen molar-refractivity contribution in [3.05, 3.63) is 12.2 Å². The highest BCUT2D eigenvalue weighted by Gasteiger charge is 2.31. The summed E-state index contributed by atoms with van der Waals surface area (Å²) >= 11 is 0. The van der Waals surface area contributed by atoms with Crippen LogP contribution in [0.15, 0.2) is 12.2 Å². The fourth-order valence-corrected chi connectivity index (χ4v) is 2.79. The highest BCUT2D eigenvalue weighted by molar-refractivity contribution is 5.90. The molecule has 4 heteroatoms. The number of carboxylic acids is 1. The molecular weight excluding hydrogens is 256 g/mol. The molecule has 1 rings (SSSR count). The van der Waals surface area contributed by atoms with Crippen molar-refractivity contribution in [3.63, 3.8) is 0 Å². The maximum absolute atomic E-state index is 11.3. The molecule has 0 aromatic carbocycles. The normalized spacial score (nSPS) is 23.8. The van der Waals surface area contributed by atoms with Crippen LogP contribution in [0.3, 0.4) is 0 Å². The molecule has 0 atom stereocenters. The molecule has 1 fully saturated rings. The SMILES string of the molecule is CCC(C)(C)C1CCC(COC(=O)/C=C/C(=O)O)CC1. The van der Waals surface area contributed by atoms with E-state index in [1.165, 1.54) is 19.3 Å². The van der Waals surface area contributed by atoms with Crippen LogP contribution in [0.5, 0.6) is 0 Å². The molecule has 0 amide bonds. The molecular formula is C16H26O4. The average Bonchev–Trinajstić information content (AvgIpc) is 2.43. The van der Waals surface area contributed by atoms with E-state index in [0.29, 0.717) is 17.9 Å². The van der Waals surface area contributed by atoms with Crippen LogP contribution in [0, 0.1) is 17.3 Å². The third kappa shape index (κ3) is 5.35. The molecule has 20 heavy (non-hydrogen) atoms. The van der Waals surface area contributed by atoms with E-state index in [2.05, 4.69) is 20.8 Å². The lowest BCUT2D eigenvalue weighted by Crippen LogP contribution is -2.29. The Hall–Kier alpha value is -1.32. The average molecular weight is 282 g/mol. The van der Waals surface area contributed by atoms with Gasteiger partial charge in [0.1, 0.15) is 0 Å². The molecule has 0 aliphatic heterocycles. The van der Waals surface area contributed by atoms with Gasteiger partial charge < -0.3 is 9.84 Å². The Morgan fingerprint density at radius 3 is 2.30 bits per heavy atom. The number of esters is 1. The molecule has 1 aliphatic carbocycles. The Labute approximate surface area is 121 Å². The molecule has 0 spiro atoms. The van der Waals surface area contributed by atoms with Crippen LogP contribution in [-0.2, 0) is 14.3 Å². The van der Waals surface area contributed by atoms with E-state index in [1.807, 2.05) is 0 Å². The zero-order chi connectivity index (χ0) is 15.2. The highest BCUT2D eigenvalue weighted by Crippen LogP contribution is 2.42. The van der Waals surface area contributed by atoms with Crippen LogP contribution in [0.4, 0.5) is 0 Å². The van der Waals surface area contributed by atoms with E-state index in [1.54, 1.807) is 0 Å². The van der Waals surface area contributed by atoms with Crippen molar-refractivity contribution >= 4 is 11.9 Å². The third-order valence-electron chi connectivity index (χ3n) is 4.69. The summed E-state index contributed by atoms with van der Waals surface area (Å²) in [5.74, 6) is -0.528. The largest absolute Gasteiger partial charge is 0.478 e. The Morgan fingerprint density at radius 2 is 1.80 bits per heavy atom. The molecule has 0 saturated heterocycles. The number of carbonyl (C=O) groups is 2. The summed E-state index contributed by atoms with van der Waals surface area (Å²) < 4.78 is 5.09. The van der Waals surface area contributed by atoms with Crippen molar-refractivity contribution in [2.45, 2.75) is 52.9 Å². The minimum atomic E-state index is -1.13. The van der Waals surface area contributed by atoms with E-state index in [4.69, 9.17) is 9.84 Å². The van der Waals surface area contributed by atoms with Crippen molar-refractivity contribution < 1.29 is 19.4 Å². The first-order chi connectivity index (χ1) is 9.35. The minimum absolute atomic E-state index is 0.395. The molecule has 114 valence electrons. The van der Waals surface area contributed by atoms with Gasteiger partial charge in [-0.15, -0.1) is 0 Å². The number of carbonyl (C=O) groups excluding carboxylic acids is 1. The summed E-state index contributed by atoms with van der Waals surface area (Å²) in [6, 6.07) is 0. The topological polar surface area (TPSA) is 63.6 Å². The number of carboxylic acid groups (broad SMARTS) is 1. The Bertz CT molecular complexity index is 363. The molecule has 0 unspecified atom stereocenters. The number of hydrogen-bond acceptors (Lipinski definition) is 3. The second-order valence-corrected chi connectivity index (χ2v) is 6.36. The summed E-state index contributed by atoms with van der Waals surface area (Å²) in [6.07, 6.45) is 7.52. The monoisotopic (exact) mass is 282 g/mol. The number of aliphatic carboxylic acids is 1. The number of hydrogen-bond donors (Lipinski definition) is 1. The van der Waals surface area contributed by atoms with Gasteiger partial charge in [-0.05, 0) is 42.9 Å². The Morgan fingerprint density at radius 1 is 1.20 bits per heavy atom. The number of rotatable bonds is 6. The second-order valence-electron chi connectivity index (χ2n) is 6.36. The molecule has 0 radical (unpaired) electrons. The molecule has 1 aliphatic rings. The minimum Gasteiger partial charge on any atom is -0.478 e. The lowest BCUT2D eigenvalue weighted by molar-refractivity contribution is -0.140. The predicted molar refractivity (Wildman–Crippen MR) is 77.3 cm³/mol. The van der Waals surface area contributed by atoms with Crippen molar-refractivity contribution in [1.29, 1.82) is 0 Å². The van der Waals surface area contributed by atoms with Gasteiger partial charge in [-0.2, -0.15) is 0 Å². The molecule has 1 saturated carbocycles. The van der Waals surface area contributed by atoms with Crippen LogP contribution >= 0.6 is 0 Å². The van der Waals surface area contributed by atoms with Crippen LogP contribution in [0.25, 0.3) is 0 Å². The molecule has 0 aromatic rings. The summed E-state index contributed by atoms with van der Waals surface area (Å²) in [5.41, 5.74) is 0.395. The van der Waals surface area contributed by atoms with Gasteiger partial charge >= 0.3 is 11.9 Å². The Kier molecular flexibility index (Phi) is 6.24. The first-order valence-corrected chi connectivity index (χ1v) is 7.43. The van der Waals surface area contributed by atoms with Gasteiger partial charge in [-0.25, -0.2) is 9.59 Å². The van der Waals surface area contributed by atoms with E-state index < -0.39 is 11.9 Å². The quantitative estimate of drug-likeness (QED) is 0.599. The summed E-state index contributed by atoms with van der Waals surface area (Å²) in [4.78, 5) is 21.6. The zero-order valence-electron chi connectivity index (χ0n) is 12.7. The molecule has 4 nitrogen and oxygen atoms in total. The van der Waals surface area contributed by atoms with Crippen molar-refractivity contribution in [2.75, 3.05) is 6.61 Å². The first-order valence-electron chi connectivity index (χ1n) is 7.43. The second kappa shape index (κ2) is 7.46. The van der Waals surface area contributed by atoms with E-state index >= 15 is 0 Å². The smallest absolute Gasteiger partial charge is 0.331 e. The summed E-state index contributed by atoms with van der Waals surface area (Å²) in [7, 11) is 0. The van der Waals surface area contributed by atoms with Gasteiger partial charge in [-0.3, -0.25) is 0 Å². The van der Waals surface area contributed by atoms with Gasteiger partial charge in [0.05, 0.1) is 6.61 Å². The van der Waals surface area contributed by atoms with Gasteiger partial charge in [0.15, 0.2) is 0 Å². The maximum Gasteiger partial charge on any atom is 0.331 e. The fourth-order valence-electron chi connectivity index (χ4n) is 2.79. The number of ether oxygens (including phenoxy) is 1. The van der Waals surface area contributed by atoms with Crippen LogP contribution < -0.4 is 0 Å². The zero-order valence-corrected chi connectivity index (χ0v) is 12.7. The van der Waals surface area contributed by atoms with E-state index in [0.717, 1.165) is 30.9 Å². The lowest BCUT2D eigenvalue weighted by Gasteiger charge is -2.38. The molecule has 1 N–H and O–H groups in total. The van der Waals surface area contributed by atoms with Crippen molar-refractivity contribution in [3.8, 4) is 0 Å². The summed E-state index contributed by atoms with van der Waals surface area (Å²) in [6.45, 7) is 7.30. The predicted octanol–water partition coefficient (Wildman–Crippen LogP) is 3.41. The van der Waals surface area contributed by atoms with Crippen LogP contribution in [0.2, 0.25) is 0 Å². The van der Waals surface area contributed by atoms with Gasteiger partial charge in [0.25, 0.3) is 0 Å². The van der Waals surface area contributed by atoms with Gasteiger partial charge in [0, 0.05) is 12.2 Å². The lowest BCUT2D eigenvalue weighted by atomic mass is 9.68. The van der Waals surface area contributed by atoms with E-state index in [-0.39, 0.29) is 0 Å². The van der Waals surface area contributed by atoms with Crippen molar-refractivity contribution in [1.82, 2.24) is 0 Å². The molecule has 0 heterocycles. The van der Waals surface area contributed by atoms with Gasteiger partial charge in [0.2, 0.25) is 0 Å². The first kappa shape index (κ1) is 16.7. The standard InChI is InChI=1S/C16H26O4/c1-4-16(2,3)13-7-5-12(6-8-13)11-20-15(19)10-9-14(17)18/h9-10,12-13H,4-8,11H2,1-3H3,(H,17,18)/b10-9+. The maximum atomic E-state index is 11.3. The summed E-state index contributed by atoms with van der Waals surface area (Å²) in [5, 5.41) is 8.41. The van der Waals surface area contributed by atoms with Crippen LogP contribution in [0.1, 0.15) is 52.9 Å². The third-order valence-corrected chi connectivity index (χ3v) is 4.69. The highest BCUT2D eigenvalue weighted by atomic mass is 16.5. The molecule has 0 aromatic heterocycles. The Balaban J connectivity index is 2.29. The van der Waals surface area contributed by atoms with Gasteiger partial charge in [-0.1, -0.05) is 27.2 Å². The van der Waals surface area contributed by atoms with Crippen molar-refractivity contribution in [2.24, 2.45) is 17.3 Å². The fraction of sp³-hybridized carbons (Fsp3) is 0.750.